The van der Waals surface area contributed by atoms with Gasteiger partial charge in [0.05, 0.1) is 10.3 Å². The summed E-state index contributed by atoms with van der Waals surface area (Å²) in [4.78, 5) is 13.0. The molecule has 0 saturated heterocycles. The maximum absolute atomic E-state index is 13.5. The van der Waals surface area contributed by atoms with E-state index in [4.69, 9.17) is 4.74 Å². The number of benzene rings is 3. The third kappa shape index (κ3) is 2.82. The predicted molar refractivity (Wildman–Crippen MR) is 118 cm³/mol. The van der Waals surface area contributed by atoms with E-state index in [9.17, 15) is 14.5 Å². The van der Waals surface area contributed by atoms with Gasteiger partial charge in [0.1, 0.15) is 11.6 Å². The van der Waals surface area contributed by atoms with E-state index in [-0.39, 0.29) is 11.5 Å². The number of nitrogens with zero attached hydrogens (tertiary/aromatic N) is 2. The maximum atomic E-state index is 13.5. The van der Waals surface area contributed by atoms with Gasteiger partial charge in [-0.3, -0.25) is 10.1 Å². The van der Waals surface area contributed by atoms with Crippen LogP contribution in [0.25, 0.3) is 6.08 Å². The Hall–Kier alpha value is -3.67. The van der Waals surface area contributed by atoms with Crippen molar-refractivity contribution in [2.75, 3.05) is 4.90 Å². The third-order valence-corrected chi connectivity index (χ3v) is 6.38. The summed E-state index contributed by atoms with van der Waals surface area (Å²) < 4.78 is 20.1. The van der Waals surface area contributed by atoms with E-state index in [1.54, 1.807) is 18.2 Å². The fraction of sp³-hybridized carbons (Fsp3) is 0.200. The minimum atomic E-state index is -0.839. The van der Waals surface area contributed by atoms with Crippen molar-refractivity contribution >= 4 is 17.5 Å². The van der Waals surface area contributed by atoms with Gasteiger partial charge in [-0.1, -0.05) is 30.3 Å². The molecule has 0 amide bonds. The monoisotopic (exact) mass is 416 g/mol. The third-order valence-electron chi connectivity index (χ3n) is 6.38. The van der Waals surface area contributed by atoms with Crippen molar-refractivity contribution in [1.29, 1.82) is 0 Å². The molecule has 2 aliphatic heterocycles. The van der Waals surface area contributed by atoms with Gasteiger partial charge in [0.15, 0.2) is 0 Å². The molecule has 5 nitrogen and oxygen atoms in total. The van der Waals surface area contributed by atoms with Crippen molar-refractivity contribution in [3.05, 3.63) is 105 Å². The minimum Gasteiger partial charge on any atom is -0.463 e. The van der Waals surface area contributed by atoms with Gasteiger partial charge in [0.25, 0.3) is 5.69 Å². The first-order chi connectivity index (χ1) is 14.8. The largest absolute Gasteiger partial charge is 0.463 e. The first-order valence-corrected chi connectivity index (χ1v) is 10.1. The van der Waals surface area contributed by atoms with Crippen LogP contribution in [0.15, 0.2) is 72.8 Å². The van der Waals surface area contributed by atoms with Gasteiger partial charge in [-0.2, -0.15) is 0 Å². The molecule has 1 atom stereocenters. The van der Waals surface area contributed by atoms with Crippen LogP contribution in [-0.2, 0) is 12.0 Å². The van der Waals surface area contributed by atoms with Gasteiger partial charge in [0.2, 0.25) is 5.72 Å². The quantitative estimate of drug-likeness (QED) is 0.398. The Kier molecular flexibility index (Phi) is 4.15. The number of halogens is 1. The first kappa shape index (κ1) is 19.3. The molecule has 0 bridgehead atoms. The number of hydrogen-bond donors (Lipinski definition) is 0. The molecule has 2 heterocycles. The molecule has 0 aliphatic carbocycles. The van der Waals surface area contributed by atoms with Crippen LogP contribution in [0.1, 0.15) is 30.5 Å². The molecule has 3 aromatic carbocycles. The molecule has 0 radical (unpaired) electrons. The summed E-state index contributed by atoms with van der Waals surface area (Å²) in [6.45, 7) is 4.79. The summed E-state index contributed by atoms with van der Waals surface area (Å²) in [5.74, 6) is 0.322. The van der Waals surface area contributed by atoms with E-state index in [0.29, 0.717) is 17.9 Å². The lowest BCUT2D eigenvalue weighted by atomic mass is 9.76. The topological polar surface area (TPSA) is 55.6 Å². The number of anilines is 1. The Labute approximate surface area is 179 Å². The van der Waals surface area contributed by atoms with Gasteiger partial charge in [-0.25, -0.2) is 4.39 Å². The van der Waals surface area contributed by atoms with Crippen LogP contribution >= 0.6 is 0 Å². The van der Waals surface area contributed by atoms with Gasteiger partial charge in [-0.15, -0.1) is 0 Å². The highest BCUT2D eigenvalue weighted by molar-refractivity contribution is 5.73. The fourth-order valence-electron chi connectivity index (χ4n) is 4.68. The molecule has 156 valence electrons. The van der Waals surface area contributed by atoms with Crippen molar-refractivity contribution in [3.8, 4) is 5.75 Å². The van der Waals surface area contributed by atoms with Crippen LogP contribution in [-0.4, -0.2) is 10.6 Å². The van der Waals surface area contributed by atoms with Crippen LogP contribution in [0, 0.1) is 15.9 Å². The molecule has 2 aliphatic rings. The smallest absolute Gasteiger partial charge is 0.270 e. The lowest BCUT2D eigenvalue weighted by Gasteiger charge is -2.47. The molecule has 0 N–H and O–H groups in total. The molecule has 1 spiro atoms. The van der Waals surface area contributed by atoms with Gasteiger partial charge in [0, 0.05) is 29.9 Å². The summed E-state index contributed by atoms with van der Waals surface area (Å²) >= 11 is 0. The Balaban J connectivity index is 1.64. The Morgan fingerprint density at radius 3 is 2.55 bits per heavy atom. The summed E-state index contributed by atoms with van der Waals surface area (Å²) in [5.41, 5.74) is 2.60. The Morgan fingerprint density at radius 2 is 1.81 bits per heavy atom. The van der Waals surface area contributed by atoms with Crippen LogP contribution in [0.4, 0.5) is 15.8 Å². The molecule has 0 aromatic heterocycles. The van der Waals surface area contributed by atoms with Crippen LogP contribution < -0.4 is 9.64 Å². The standard InChI is InChI=1S/C25H21FN2O3/c1-24(2)21-5-3-4-6-22(21)27(16-17-7-9-19(26)10-8-17)25(24)14-13-18-15-20(28(29)30)11-12-23(18)31-25/h3-15H,16H2,1-2H3. The van der Waals surface area contributed by atoms with Crippen LogP contribution in [0.5, 0.6) is 5.75 Å². The predicted octanol–water partition coefficient (Wildman–Crippen LogP) is 5.83. The number of non-ortho nitro benzene ring substituents is 1. The molecule has 31 heavy (non-hydrogen) atoms. The second kappa shape index (κ2) is 6.67. The number of rotatable bonds is 3. The summed E-state index contributed by atoms with van der Waals surface area (Å²) in [6, 6.07) is 19.3. The maximum Gasteiger partial charge on any atom is 0.270 e. The van der Waals surface area contributed by atoms with Crippen molar-refractivity contribution in [2.45, 2.75) is 31.5 Å². The highest BCUT2D eigenvalue weighted by atomic mass is 19.1. The van der Waals surface area contributed by atoms with E-state index >= 15 is 0 Å². The molecule has 6 heteroatoms. The van der Waals surface area contributed by atoms with Crippen molar-refractivity contribution < 1.29 is 14.1 Å². The average molecular weight is 416 g/mol. The molecule has 5 rings (SSSR count). The summed E-state index contributed by atoms with van der Waals surface area (Å²) in [7, 11) is 0. The average Bonchev–Trinajstić information content (AvgIpc) is 2.93. The minimum absolute atomic E-state index is 0.0279. The lowest BCUT2D eigenvalue weighted by molar-refractivity contribution is -0.384. The SMILES string of the molecule is CC1(C)c2ccccc2N(Cc2ccc(F)cc2)C12C=Cc1cc([N+](=O)[O-])ccc1O2. The number of nitro benzene ring substituents is 1. The van der Waals surface area contributed by atoms with Crippen LogP contribution in [0.2, 0.25) is 0 Å². The molecule has 1 unspecified atom stereocenters. The van der Waals surface area contributed by atoms with Gasteiger partial charge >= 0.3 is 0 Å². The molecular formula is C25H21FN2O3. The number of nitro groups is 1. The number of ether oxygens (including phenoxy) is 1. The van der Waals surface area contributed by atoms with Crippen molar-refractivity contribution in [2.24, 2.45) is 0 Å². The molecular weight excluding hydrogens is 395 g/mol. The van der Waals surface area contributed by atoms with E-state index in [1.807, 2.05) is 24.3 Å². The van der Waals surface area contributed by atoms with Crippen molar-refractivity contribution in [1.82, 2.24) is 0 Å². The first-order valence-electron chi connectivity index (χ1n) is 10.1. The normalized spacial score (nSPS) is 20.3. The van der Waals surface area contributed by atoms with E-state index in [0.717, 1.165) is 16.8 Å². The van der Waals surface area contributed by atoms with Gasteiger partial charge < -0.3 is 9.64 Å². The Morgan fingerprint density at radius 1 is 1.06 bits per heavy atom. The highest BCUT2D eigenvalue weighted by Gasteiger charge is 2.58. The zero-order valence-corrected chi connectivity index (χ0v) is 17.2. The molecule has 3 aromatic rings. The van der Waals surface area contributed by atoms with Crippen molar-refractivity contribution in [3.63, 3.8) is 0 Å². The van der Waals surface area contributed by atoms with E-state index in [2.05, 4.69) is 30.9 Å². The number of para-hydroxylation sites is 1. The lowest BCUT2D eigenvalue weighted by Crippen LogP contribution is -2.59. The number of hydrogen-bond acceptors (Lipinski definition) is 4. The molecule has 0 saturated carbocycles. The summed E-state index contributed by atoms with van der Waals surface area (Å²) in [6.07, 6.45) is 3.89. The molecule has 0 fully saturated rings. The zero-order chi connectivity index (χ0) is 21.8. The summed E-state index contributed by atoms with van der Waals surface area (Å²) in [5, 5.41) is 11.2. The fourth-order valence-corrected chi connectivity index (χ4v) is 4.68. The van der Waals surface area contributed by atoms with Gasteiger partial charge in [-0.05, 0) is 61.4 Å². The second-order valence-electron chi connectivity index (χ2n) is 8.47. The highest BCUT2D eigenvalue weighted by Crippen LogP contribution is 2.55. The van der Waals surface area contributed by atoms with E-state index < -0.39 is 16.1 Å². The Bertz CT molecular complexity index is 1220. The van der Waals surface area contributed by atoms with Crippen LogP contribution in [0.3, 0.4) is 0 Å². The zero-order valence-electron chi connectivity index (χ0n) is 17.2. The van der Waals surface area contributed by atoms with E-state index in [1.165, 1.54) is 24.3 Å². The second-order valence-corrected chi connectivity index (χ2v) is 8.47. The number of fused-ring (bicyclic) bond motifs is 2.